The number of carbonyl (C=O) groups excluding carboxylic acids is 1. The Labute approximate surface area is 162 Å². The number of nitrogens with one attached hydrogen (secondary N) is 1. The van der Waals surface area contributed by atoms with Gasteiger partial charge in [-0.1, -0.05) is 31.9 Å². The van der Waals surface area contributed by atoms with Crippen LogP contribution in [0.3, 0.4) is 0 Å². The van der Waals surface area contributed by atoms with Crippen molar-refractivity contribution in [1.82, 2.24) is 24.5 Å². The zero-order valence-electron chi connectivity index (χ0n) is 16.1. The second-order valence-corrected chi connectivity index (χ2v) is 8.30. The number of carbonyl (C=O) groups is 1. The van der Waals surface area contributed by atoms with Gasteiger partial charge in [0, 0.05) is 17.3 Å². The molecule has 2 aromatic heterocycles. The van der Waals surface area contributed by atoms with Gasteiger partial charge in [0.25, 0.3) is 0 Å². The van der Waals surface area contributed by atoms with E-state index in [-0.39, 0.29) is 24.2 Å². The summed E-state index contributed by atoms with van der Waals surface area (Å²) < 4.78 is 2.90. The molecule has 146 valence electrons. The summed E-state index contributed by atoms with van der Waals surface area (Å²) in [5, 5.41) is 8.48. The van der Waals surface area contributed by atoms with E-state index in [2.05, 4.69) is 17.3 Å². The Kier molecular flexibility index (Phi) is 4.18. The van der Waals surface area contributed by atoms with Crippen molar-refractivity contribution in [2.24, 2.45) is 5.92 Å². The monoisotopic (exact) mass is 379 g/mol. The van der Waals surface area contributed by atoms with Crippen LogP contribution >= 0.6 is 0 Å². The molecule has 7 nitrogen and oxygen atoms in total. The summed E-state index contributed by atoms with van der Waals surface area (Å²) in [4.78, 5) is 30.4. The number of hydrogen-bond donors (Lipinski definition) is 1. The molecule has 0 radical (unpaired) electrons. The largest absolute Gasteiger partial charge is 0.352 e. The smallest absolute Gasteiger partial charge is 0.351 e. The minimum absolute atomic E-state index is 0.0534. The first-order valence-electron chi connectivity index (χ1n) is 10.3. The first-order valence-corrected chi connectivity index (χ1v) is 10.3. The molecule has 5 rings (SSSR count). The predicted octanol–water partition coefficient (Wildman–Crippen LogP) is 2.62. The number of para-hydroxylation sites is 1. The highest BCUT2D eigenvalue weighted by Crippen LogP contribution is 2.39. The van der Waals surface area contributed by atoms with E-state index in [0.29, 0.717) is 17.5 Å². The van der Waals surface area contributed by atoms with Crippen LogP contribution in [0, 0.1) is 5.92 Å². The number of amides is 1. The summed E-state index contributed by atoms with van der Waals surface area (Å²) in [7, 11) is 0. The van der Waals surface area contributed by atoms with Crippen LogP contribution in [0.15, 0.2) is 29.1 Å². The summed E-state index contributed by atoms with van der Waals surface area (Å²) in [6.07, 6.45) is 6.60. The van der Waals surface area contributed by atoms with Gasteiger partial charge in [-0.15, -0.1) is 5.10 Å². The highest BCUT2D eigenvalue weighted by atomic mass is 16.2. The van der Waals surface area contributed by atoms with Crippen molar-refractivity contribution in [2.75, 3.05) is 0 Å². The maximum atomic E-state index is 13.1. The molecule has 2 aliphatic rings. The number of hydrogen-bond acceptors (Lipinski definition) is 4. The Morgan fingerprint density at radius 2 is 1.96 bits per heavy atom. The molecule has 2 aliphatic carbocycles. The lowest BCUT2D eigenvalue weighted by Crippen LogP contribution is -2.43. The van der Waals surface area contributed by atoms with Crippen LogP contribution < -0.4 is 11.0 Å². The van der Waals surface area contributed by atoms with Crippen molar-refractivity contribution < 1.29 is 4.79 Å². The standard InChI is InChI=1S/C21H25N5O2/c1-13-6-2-4-8-16(13)22-18(27)12-25-21(28)26-19(14-10-11-14)23-17-9-5-3-7-15(17)20(26)24-25/h3,5,7,9,13-14,16H,2,4,6,8,10-12H2,1H3,(H,22,27)/t13-,16+/m0/s1. The van der Waals surface area contributed by atoms with Crippen LogP contribution in [0.2, 0.25) is 0 Å². The fourth-order valence-corrected chi connectivity index (χ4v) is 4.36. The molecule has 7 heteroatoms. The summed E-state index contributed by atoms with van der Waals surface area (Å²) >= 11 is 0. The molecule has 0 spiro atoms. The molecule has 1 aromatic carbocycles. The molecule has 28 heavy (non-hydrogen) atoms. The normalized spacial score (nSPS) is 22.6. The van der Waals surface area contributed by atoms with Crippen molar-refractivity contribution in [2.45, 2.75) is 64.0 Å². The Bertz CT molecular complexity index is 1110. The van der Waals surface area contributed by atoms with Crippen LogP contribution in [0.25, 0.3) is 16.6 Å². The van der Waals surface area contributed by atoms with Gasteiger partial charge in [-0.3, -0.25) is 4.79 Å². The van der Waals surface area contributed by atoms with Gasteiger partial charge in [-0.25, -0.2) is 18.9 Å². The van der Waals surface area contributed by atoms with Crippen molar-refractivity contribution >= 4 is 22.5 Å². The van der Waals surface area contributed by atoms with Crippen molar-refractivity contribution in [3.8, 4) is 0 Å². The Morgan fingerprint density at radius 3 is 2.75 bits per heavy atom. The van der Waals surface area contributed by atoms with Gasteiger partial charge < -0.3 is 5.32 Å². The maximum Gasteiger partial charge on any atom is 0.352 e. The average molecular weight is 379 g/mol. The van der Waals surface area contributed by atoms with E-state index in [1.54, 1.807) is 4.40 Å². The Balaban J connectivity index is 1.51. The zero-order chi connectivity index (χ0) is 19.3. The van der Waals surface area contributed by atoms with E-state index in [4.69, 9.17) is 4.98 Å². The first kappa shape index (κ1) is 17.4. The third-order valence-electron chi connectivity index (χ3n) is 6.14. The van der Waals surface area contributed by atoms with Crippen molar-refractivity contribution in [3.05, 3.63) is 40.6 Å². The topological polar surface area (TPSA) is 81.3 Å². The molecule has 3 aromatic rings. The molecule has 0 aliphatic heterocycles. The van der Waals surface area contributed by atoms with Gasteiger partial charge in [0.15, 0.2) is 5.65 Å². The number of fused-ring (bicyclic) bond motifs is 3. The maximum absolute atomic E-state index is 13.1. The quantitative estimate of drug-likeness (QED) is 0.756. The lowest BCUT2D eigenvalue weighted by molar-refractivity contribution is -0.123. The van der Waals surface area contributed by atoms with E-state index in [9.17, 15) is 9.59 Å². The summed E-state index contributed by atoms with van der Waals surface area (Å²) in [6.45, 7) is 2.13. The SMILES string of the molecule is C[C@H]1CCCC[C@H]1NC(=O)Cn1nc2c3ccccc3nc(C3CC3)n2c1=O. The highest BCUT2D eigenvalue weighted by molar-refractivity contribution is 5.91. The number of benzene rings is 1. The van der Waals surface area contributed by atoms with E-state index < -0.39 is 0 Å². The zero-order valence-corrected chi connectivity index (χ0v) is 16.1. The van der Waals surface area contributed by atoms with Crippen molar-refractivity contribution in [3.63, 3.8) is 0 Å². The number of rotatable bonds is 4. The fraction of sp³-hybridized carbons (Fsp3) is 0.524. The molecular weight excluding hydrogens is 354 g/mol. The van der Waals surface area contributed by atoms with Crippen LogP contribution in [0.4, 0.5) is 0 Å². The van der Waals surface area contributed by atoms with E-state index in [1.807, 2.05) is 24.3 Å². The summed E-state index contributed by atoms with van der Waals surface area (Å²) in [5.74, 6) is 1.41. The predicted molar refractivity (Wildman–Crippen MR) is 106 cm³/mol. The Morgan fingerprint density at radius 1 is 1.18 bits per heavy atom. The van der Waals surface area contributed by atoms with Crippen molar-refractivity contribution in [1.29, 1.82) is 0 Å². The molecule has 1 N–H and O–H groups in total. The Hall–Kier alpha value is -2.70. The van der Waals surface area contributed by atoms with Crippen LogP contribution in [-0.2, 0) is 11.3 Å². The van der Waals surface area contributed by atoms with E-state index in [0.717, 1.165) is 48.8 Å². The van der Waals surface area contributed by atoms with Crippen LogP contribution in [0.5, 0.6) is 0 Å². The second kappa shape index (κ2) is 6.72. The molecule has 2 atom stereocenters. The van der Waals surface area contributed by atoms with Gasteiger partial charge in [0.1, 0.15) is 12.4 Å². The third kappa shape index (κ3) is 2.99. The first-order chi connectivity index (χ1) is 13.6. The molecule has 2 saturated carbocycles. The molecule has 2 heterocycles. The van der Waals surface area contributed by atoms with E-state index in [1.165, 1.54) is 11.1 Å². The lowest BCUT2D eigenvalue weighted by Gasteiger charge is -2.29. The van der Waals surface area contributed by atoms with Gasteiger partial charge in [0.05, 0.1) is 5.52 Å². The van der Waals surface area contributed by atoms with Crippen LogP contribution in [0.1, 0.15) is 57.2 Å². The van der Waals surface area contributed by atoms with Crippen LogP contribution in [-0.4, -0.2) is 31.1 Å². The molecule has 0 unspecified atom stereocenters. The van der Waals surface area contributed by atoms with Gasteiger partial charge in [-0.05, 0) is 43.7 Å². The number of nitrogens with zero attached hydrogens (tertiary/aromatic N) is 4. The summed E-state index contributed by atoms with van der Waals surface area (Å²) in [6, 6.07) is 7.92. The fourth-order valence-electron chi connectivity index (χ4n) is 4.36. The third-order valence-corrected chi connectivity index (χ3v) is 6.14. The molecular formula is C21H25N5O2. The molecule has 1 amide bonds. The molecule has 2 fully saturated rings. The van der Waals surface area contributed by atoms with Gasteiger partial charge >= 0.3 is 5.69 Å². The van der Waals surface area contributed by atoms with E-state index >= 15 is 0 Å². The van der Waals surface area contributed by atoms with Gasteiger partial charge in [0.2, 0.25) is 5.91 Å². The molecule has 0 saturated heterocycles. The average Bonchev–Trinajstić information content (AvgIpc) is 3.49. The summed E-state index contributed by atoms with van der Waals surface area (Å²) in [5.41, 5.74) is 1.16. The highest BCUT2D eigenvalue weighted by Gasteiger charge is 2.30. The minimum atomic E-state index is -0.276. The minimum Gasteiger partial charge on any atom is -0.351 e. The lowest BCUT2D eigenvalue weighted by atomic mass is 9.86. The molecule has 0 bridgehead atoms. The second-order valence-electron chi connectivity index (χ2n) is 8.30. The van der Waals surface area contributed by atoms with Gasteiger partial charge in [-0.2, -0.15) is 0 Å². The number of aromatic nitrogens is 4.